The maximum Gasteiger partial charge on any atom is 0.115 e. The molecule has 1 nitrogen and oxygen atoms in total. The summed E-state index contributed by atoms with van der Waals surface area (Å²) in [4.78, 5) is 0. The highest BCUT2D eigenvalue weighted by molar-refractivity contribution is 6.18. The van der Waals surface area contributed by atoms with E-state index in [1.807, 2.05) is 12.1 Å². The zero-order chi connectivity index (χ0) is 10.9. The van der Waals surface area contributed by atoms with E-state index in [0.29, 0.717) is 5.75 Å². The van der Waals surface area contributed by atoms with Gasteiger partial charge in [-0.2, -0.15) is 0 Å². The Morgan fingerprint density at radius 1 is 1.33 bits per heavy atom. The number of aromatic hydroxyl groups is 1. The Labute approximate surface area is 96.1 Å². The molecule has 0 spiro atoms. The normalized spacial score (nSPS) is 19.9. The van der Waals surface area contributed by atoms with Crippen LogP contribution < -0.4 is 0 Å². The highest BCUT2D eigenvalue weighted by Gasteiger charge is 2.40. The van der Waals surface area contributed by atoms with Crippen LogP contribution >= 0.6 is 11.6 Å². The fraction of sp³-hybridized carbons (Fsp3) is 0.538. The number of hydrogen-bond acceptors (Lipinski definition) is 1. The van der Waals surface area contributed by atoms with Crippen molar-refractivity contribution in [2.75, 3.05) is 5.88 Å². The predicted octanol–water partition coefficient (Wildman–Crippen LogP) is 3.59. The SMILES string of the molecule is CC(CCl)(Cc1ccc(O)cc1)C1CC1. The Balaban J connectivity index is 2.09. The largest absolute Gasteiger partial charge is 0.508 e. The molecule has 0 heterocycles. The van der Waals surface area contributed by atoms with Gasteiger partial charge in [-0.1, -0.05) is 19.1 Å². The average Bonchev–Trinajstić information content (AvgIpc) is 3.05. The van der Waals surface area contributed by atoms with Crippen LogP contribution in [-0.4, -0.2) is 11.0 Å². The Hall–Kier alpha value is -0.690. The molecule has 1 atom stereocenters. The van der Waals surface area contributed by atoms with Crippen molar-refractivity contribution in [1.29, 1.82) is 0 Å². The highest BCUT2D eigenvalue weighted by Crippen LogP contribution is 2.48. The number of halogens is 1. The van der Waals surface area contributed by atoms with Crippen LogP contribution in [0, 0.1) is 11.3 Å². The molecule has 1 aliphatic rings. The van der Waals surface area contributed by atoms with Crippen molar-refractivity contribution >= 4 is 11.6 Å². The summed E-state index contributed by atoms with van der Waals surface area (Å²) in [7, 11) is 0. The van der Waals surface area contributed by atoms with Crippen LogP contribution in [0.25, 0.3) is 0 Å². The van der Waals surface area contributed by atoms with Gasteiger partial charge < -0.3 is 5.11 Å². The maximum absolute atomic E-state index is 9.21. The van der Waals surface area contributed by atoms with Crippen LogP contribution in [0.3, 0.4) is 0 Å². The molecule has 0 aromatic heterocycles. The van der Waals surface area contributed by atoms with E-state index >= 15 is 0 Å². The van der Waals surface area contributed by atoms with Gasteiger partial charge in [0.15, 0.2) is 0 Å². The van der Waals surface area contributed by atoms with Crippen LogP contribution in [0.4, 0.5) is 0 Å². The first-order valence-corrected chi connectivity index (χ1v) is 6.01. The molecule has 0 amide bonds. The van der Waals surface area contributed by atoms with Gasteiger partial charge in [0.25, 0.3) is 0 Å². The minimum Gasteiger partial charge on any atom is -0.508 e. The van der Waals surface area contributed by atoms with Crippen molar-refractivity contribution in [3.63, 3.8) is 0 Å². The summed E-state index contributed by atoms with van der Waals surface area (Å²) in [5.74, 6) is 1.85. The van der Waals surface area contributed by atoms with Crippen LogP contribution in [-0.2, 0) is 6.42 Å². The van der Waals surface area contributed by atoms with Gasteiger partial charge in [-0.05, 0) is 48.3 Å². The van der Waals surface area contributed by atoms with Gasteiger partial charge in [-0.25, -0.2) is 0 Å². The summed E-state index contributed by atoms with van der Waals surface area (Å²) in [6.07, 6.45) is 3.66. The first-order valence-electron chi connectivity index (χ1n) is 5.48. The lowest BCUT2D eigenvalue weighted by Gasteiger charge is -2.27. The predicted molar refractivity (Wildman–Crippen MR) is 63.4 cm³/mol. The molecule has 1 aliphatic carbocycles. The van der Waals surface area contributed by atoms with Crippen molar-refractivity contribution in [1.82, 2.24) is 0 Å². The van der Waals surface area contributed by atoms with E-state index in [9.17, 15) is 5.11 Å². The van der Waals surface area contributed by atoms with E-state index in [4.69, 9.17) is 11.6 Å². The second kappa shape index (κ2) is 4.05. The van der Waals surface area contributed by atoms with Gasteiger partial charge in [0, 0.05) is 5.88 Å². The molecule has 0 radical (unpaired) electrons. The van der Waals surface area contributed by atoms with Gasteiger partial charge in [0.05, 0.1) is 0 Å². The van der Waals surface area contributed by atoms with Crippen LogP contribution in [0.5, 0.6) is 5.75 Å². The minimum atomic E-state index is 0.235. The molecule has 1 unspecified atom stereocenters. The van der Waals surface area contributed by atoms with Crippen molar-refractivity contribution in [3.8, 4) is 5.75 Å². The molecule has 2 rings (SSSR count). The van der Waals surface area contributed by atoms with Crippen molar-refractivity contribution in [3.05, 3.63) is 29.8 Å². The van der Waals surface area contributed by atoms with E-state index in [2.05, 4.69) is 6.92 Å². The molecule has 82 valence electrons. The maximum atomic E-state index is 9.21. The van der Waals surface area contributed by atoms with Crippen molar-refractivity contribution < 1.29 is 5.11 Å². The third kappa shape index (κ3) is 2.46. The van der Waals surface area contributed by atoms with Gasteiger partial charge in [0.2, 0.25) is 0 Å². The number of hydrogen-bond donors (Lipinski definition) is 1. The van der Waals surface area contributed by atoms with Crippen molar-refractivity contribution in [2.24, 2.45) is 11.3 Å². The van der Waals surface area contributed by atoms with E-state index in [1.165, 1.54) is 18.4 Å². The Morgan fingerprint density at radius 2 is 1.93 bits per heavy atom. The lowest BCUT2D eigenvalue weighted by Crippen LogP contribution is -2.24. The lowest BCUT2D eigenvalue weighted by molar-refractivity contribution is 0.313. The van der Waals surface area contributed by atoms with Crippen LogP contribution in [0.15, 0.2) is 24.3 Å². The first kappa shape index (κ1) is 10.8. The molecule has 15 heavy (non-hydrogen) atoms. The van der Waals surface area contributed by atoms with E-state index in [0.717, 1.165) is 18.2 Å². The van der Waals surface area contributed by atoms with E-state index in [1.54, 1.807) is 12.1 Å². The molecule has 1 saturated carbocycles. The molecule has 0 bridgehead atoms. The number of benzene rings is 1. The Morgan fingerprint density at radius 3 is 2.40 bits per heavy atom. The number of phenols is 1. The lowest BCUT2D eigenvalue weighted by atomic mass is 9.81. The molecule has 0 saturated heterocycles. The number of phenolic OH excluding ortho intramolecular Hbond substituents is 1. The zero-order valence-electron chi connectivity index (χ0n) is 9.04. The molecular weight excluding hydrogens is 208 g/mol. The Bertz CT molecular complexity index is 329. The van der Waals surface area contributed by atoms with Crippen LogP contribution in [0.2, 0.25) is 0 Å². The topological polar surface area (TPSA) is 20.2 Å². The standard InChI is InChI=1S/C13H17ClO/c1-13(9-14,11-4-5-11)8-10-2-6-12(15)7-3-10/h2-3,6-7,11,15H,4-5,8-9H2,1H3. The molecule has 1 aromatic carbocycles. The Kier molecular flexibility index (Phi) is 2.92. The third-order valence-electron chi connectivity index (χ3n) is 3.41. The van der Waals surface area contributed by atoms with Gasteiger partial charge in [-0.15, -0.1) is 11.6 Å². The molecule has 1 aromatic rings. The number of rotatable bonds is 4. The molecule has 2 heteroatoms. The summed E-state index contributed by atoms with van der Waals surface area (Å²) >= 11 is 6.08. The smallest absolute Gasteiger partial charge is 0.115 e. The molecule has 1 N–H and O–H groups in total. The average molecular weight is 225 g/mol. The van der Waals surface area contributed by atoms with E-state index < -0.39 is 0 Å². The summed E-state index contributed by atoms with van der Waals surface area (Å²) in [5, 5.41) is 9.21. The summed E-state index contributed by atoms with van der Waals surface area (Å²) in [6, 6.07) is 7.47. The molecule has 1 fully saturated rings. The number of alkyl halides is 1. The van der Waals surface area contributed by atoms with Crippen LogP contribution in [0.1, 0.15) is 25.3 Å². The quantitative estimate of drug-likeness (QED) is 0.775. The van der Waals surface area contributed by atoms with Gasteiger partial charge in [-0.3, -0.25) is 0 Å². The molecular formula is C13H17ClO. The summed E-state index contributed by atoms with van der Waals surface area (Å²) < 4.78 is 0. The first-order chi connectivity index (χ1) is 7.14. The summed E-state index contributed by atoms with van der Waals surface area (Å²) in [5.41, 5.74) is 1.50. The third-order valence-corrected chi connectivity index (χ3v) is 4.02. The van der Waals surface area contributed by atoms with Gasteiger partial charge in [0.1, 0.15) is 5.75 Å². The van der Waals surface area contributed by atoms with Crippen molar-refractivity contribution in [2.45, 2.75) is 26.2 Å². The minimum absolute atomic E-state index is 0.235. The second-order valence-electron chi connectivity index (χ2n) is 4.91. The van der Waals surface area contributed by atoms with E-state index in [-0.39, 0.29) is 5.41 Å². The second-order valence-corrected chi connectivity index (χ2v) is 5.17. The highest BCUT2D eigenvalue weighted by atomic mass is 35.5. The fourth-order valence-corrected chi connectivity index (χ4v) is 2.47. The van der Waals surface area contributed by atoms with Gasteiger partial charge >= 0.3 is 0 Å². The zero-order valence-corrected chi connectivity index (χ0v) is 9.80. The summed E-state index contributed by atoms with van der Waals surface area (Å²) in [6.45, 7) is 2.27. The monoisotopic (exact) mass is 224 g/mol. The molecule has 0 aliphatic heterocycles. The fourth-order valence-electron chi connectivity index (χ4n) is 2.16.